The summed E-state index contributed by atoms with van der Waals surface area (Å²) < 4.78 is 5.05. The second-order valence-corrected chi connectivity index (χ2v) is 5.40. The Balaban J connectivity index is 3.15. The predicted octanol–water partition coefficient (Wildman–Crippen LogP) is 3.49. The average Bonchev–Trinajstić information content (AvgIpc) is 2.82. The lowest BCUT2D eigenvalue weighted by Gasteiger charge is -2.23. The van der Waals surface area contributed by atoms with E-state index in [1.807, 2.05) is 20.8 Å². The fourth-order valence-electron chi connectivity index (χ4n) is 1.90. The summed E-state index contributed by atoms with van der Waals surface area (Å²) in [6.07, 6.45) is 2.08. The fraction of sp³-hybridized carbons (Fsp3) is 0.643. The smallest absolute Gasteiger partial charge is 0.339 e. The summed E-state index contributed by atoms with van der Waals surface area (Å²) in [5, 5.41) is 10.5. The standard InChI is InChI=1S/C14H22O3S/c1-5-11-10(13(15)17-8-4)9-12(18-11)14(16,6-2)7-3/h9,16H,5-8H2,1-4H3. The molecule has 0 bridgehead atoms. The fourth-order valence-corrected chi connectivity index (χ4v) is 3.22. The first kappa shape index (κ1) is 15.2. The van der Waals surface area contributed by atoms with Crippen molar-refractivity contribution in [3.63, 3.8) is 0 Å². The van der Waals surface area contributed by atoms with Gasteiger partial charge in [-0.15, -0.1) is 11.3 Å². The minimum Gasteiger partial charge on any atom is -0.462 e. The number of carbonyl (C=O) groups is 1. The van der Waals surface area contributed by atoms with E-state index in [-0.39, 0.29) is 5.97 Å². The van der Waals surface area contributed by atoms with Crippen molar-refractivity contribution in [3.8, 4) is 0 Å². The minimum absolute atomic E-state index is 0.286. The molecule has 0 atom stereocenters. The van der Waals surface area contributed by atoms with Crippen LogP contribution in [0.25, 0.3) is 0 Å². The van der Waals surface area contributed by atoms with E-state index in [2.05, 4.69) is 0 Å². The van der Waals surface area contributed by atoms with Crippen molar-refractivity contribution in [2.24, 2.45) is 0 Å². The SMILES string of the molecule is CCOC(=O)c1cc(C(O)(CC)CC)sc1CC. The van der Waals surface area contributed by atoms with E-state index in [0.29, 0.717) is 25.0 Å². The van der Waals surface area contributed by atoms with Gasteiger partial charge in [-0.25, -0.2) is 4.79 Å². The predicted molar refractivity (Wildman–Crippen MR) is 74.1 cm³/mol. The average molecular weight is 270 g/mol. The van der Waals surface area contributed by atoms with Crippen LogP contribution in [0.5, 0.6) is 0 Å². The van der Waals surface area contributed by atoms with Gasteiger partial charge in [-0.2, -0.15) is 0 Å². The van der Waals surface area contributed by atoms with E-state index >= 15 is 0 Å². The maximum Gasteiger partial charge on any atom is 0.339 e. The molecule has 0 unspecified atom stereocenters. The molecule has 0 saturated carbocycles. The normalized spacial score (nSPS) is 11.6. The lowest BCUT2D eigenvalue weighted by atomic mass is 9.95. The van der Waals surface area contributed by atoms with E-state index in [4.69, 9.17) is 4.74 Å². The lowest BCUT2D eigenvalue weighted by molar-refractivity contribution is 0.0320. The van der Waals surface area contributed by atoms with Gasteiger partial charge < -0.3 is 9.84 Å². The van der Waals surface area contributed by atoms with E-state index in [9.17, 15) is 9.90 Å². The molecule has 0 aliphatic heterocycles. The first-order valence-corrected chi connectivity index (χ1v) is 7.36. The Hall–Kier alpha value is -0.870. The van der Waals surface area contributed by atoms with E-state index in [1.165, 1.54) is 11.3 Å². The van der Waals surface area contributed by atoms with Crippen LogP contribution in [0, 0.1) is 0 Å². The van der Waals surface area contributed by atoms with Crippen LogP contribution in [0.3, 0.4) is 0 Å². The Morgan fingerprint density at radius 2 is 1.94 bits per heavy atom. The third-order valence-electron chi connectivity index (χ3n) is 3.25. The van der Waals surface area contributed by atoms with Crippen LogP contribution in [0.15, 0.2) is 6.07 Å². The van der Waals surface area contributed by atoms with Gasteiger partial charge in [0.25, 0.3) is 0 Å². The van der Waals surface area contributed by atoms with Crippen LogP contribution in [-0.2, 0) is 16.8 Å². The third kappa shape index (κ3) is 2.93. The zero-order valence-electron chi connectivity index (χ0n) is 11.6. The summed E-state index contributed by atoms with van der Waals surface area (Å²) in [6, 6.07) is 1.80. The number of thiophene rings is 1. The highest BCUT2D eigenvalue weighted by molar-refractivity contribution is 7.12. The molecule has 0 radical (unpaired) electrons. The highest BCUT2D eigenvalue weighted by atomic mass is 32.1. The van der Waals surface area contributed by atoms with Gasteiger partial charge in [0, 0.05) is 9.75 Å². The van der Waals surface area contributed by atoms with Gasteiger partial charge in [0.1, 0.15) is 0 Å². The molecule has 0 saturated heterocycles. The lowest BCUT2D eigenvalue weighted by Crippen LogP contribution is -2.21. The summed E-state index contributed by atoms with van der Waals surface area (Å²) in [6.45, 7) is 8.09. The van der Waals surface area contributed by atoms with Crippen LogP contribution in [0.1, 0.15) is 60.6 Å². The molecule has 1 aromatic heterocycles. The van der Waals surface area contributed by atoms with Gasteiger partial charge in [-0.1, -0.05) is 20.8 Å². The number of aryl methyl sites for hydroxylation is 1. The van der Waals surface area contributed by atoms with Crippen molar-refractivity contribution in [1.82, 2.24) is 0 Å². The molecule has 1 heterocycles. The minimum atomic E-state index is -0.820. The van der Waals surface area contributed by atoms with Gasteiger partial charge in [0.05, 0.1) is 17.8 Å². The first-order chi connectivity index (χ1) is 8.52. The van der Waals surface area contributed by atoms with E-state index in [0.717, 1.165) is 16.2 Å². The first-order valence-electron chi connectivity index (χ1n) is 6.55. The molecule has 0 amide bonds. The van der Waals surface area contributed by atoms with Crippen molar-refractivity contribution < 1.29 is 14.6 Å². The molecule has 1 rings (SSSR count). The molecule has 3 nitrogen and oxygen atoms in total. The zero-order valence-corrected chi connectivity index (χ0v) is 12.4. The molecule has 0 aromatic carbocycles. The molecule has 1 aromatic rings. The third-order valence-corrected chi connectivity index (χ3v) is 4.73. The monoisotopic (exact) mass is 270 g/mol. The highest BCUT2D eigenvalue weighted by Gasteiger charge is 2.29. The number of aliphatic hydroxyl groups is 1. The Morgan fingerprint density at radius 3 is 2.39 bits per heavy atom. The molecule has 18 heavy (non-hydrogen) atoms. The molecule has 1 N–H and O–H groups in total. The Kier molecular flexibility index (Phi) is 5.35. The van der Waals surface area contributed by atoms with Gasteiger partial charge in [0.2, 0.25) is 0 Å². The molecule has 102 valence electrons. The molecule has 0 spiro atoms. The van der Waals surface area contributed by atoms with E-state index < -0.39 is 5.60 Å². The molecule has 0 aliphatic rings. The molecular weight excluding hydrogens is 248 g/mol. The number of esters is 1. The molecular formula is C14H22O3S. The Bertz CT molecular complexity index is 405. The molecule has 4 heteroatoms. The van der Waals surface area contributed by atoms with Crippen molar-refractivity contribution in [1.29, 1.82) is 0 Å². The van der Waals surface area contributed by atoms with Crippen molar-refractivity contribution in [2.45, 2.75) is 52.6 Å². The maximum atomic E-state index is 11.8. The quantitative estimate of drug-likeness (QED) is 0.805. The summed E-state index contributed by atoms with van der Waals surface area (Å²) in [5.74, 6) is -0.286. The van der Waals surface area contributed by atoms with Crippen molar-refractivity contribution in [2.75, 3.05) is 6.61 Å². The highest BCUT2D eigenvalue weighted by Crippen LogP contribution is 2.36. The second kappa shape index (κ2) is 6.34. The van der Waals surface area contributed by atoms with Gasteiger partial charge in [-0.05, 0) is 32.3 Å². The zero-order chi connectivity index (χ0) is 13.8. The number of carbonyl (C=O) groups excluding carboxylic acids is 1. The van der Waals surface area contributed by atoms with Crippen LogP contribution in [0.2, 0.25) is 0 Å². The Morgan fingerprint density at radius 1 is 1.33 bits per heavy atom. The topological polar surface area (TPSA) is 46.5 Å². The van der Waals surface area contributed by atoms with Gasteiger partial charge in [-0.3, -0.25) is 0 Å². The van der Waals surface area contributed by atoms with Crippen molar-refractivity contribution in [3.05, 3.63) is 21.4 Å². The van der Waals surface area contributed by atoms with Crippen LogP contribution < -0.4 is 0 Å². The molecule has 0 fully saturated rings. The maximum absolute atomic E-state index is 11.8. The van der Waals surface area contributed by atoms with Crippen LogP contribution in [0.4, 0.5) is 0 Å². The number of ether oxygens (including phenoxy) is 1. The summed E-state index contributed by atoms with van der Waals surface area (Å²) >= 11 is 1.52. The van der Waals surface area contributed by atoms with Crippen LogP contribution >= 0.6 is 11.3 Å². The number of hydrogen-bond donors (Lipinski definition) is 1. The summed E-state index contributed by atoms with van der Waals surface area (Å²) in [7, 11) is 0. The largest absolute Gasteiger partial charge is 0.462 e. The summed E-state index contributed by atoms with van der Waals surface area (Å²) in [4.78, 5) is 13.7. The Labute approximate surface area is 113 Å². The van der Waals surface area contributed by atoms with Gasteiger partial charge in [0.15, 0.2) is 0 Å². The number of hydrogen-bond acceptors (Lipinski definition) is 4. The molecule has 0 aliphatic carbocycles. The number of rotatable bonds is 6. The summed E-state index contributed by atoms with van der Waals surface area (Å²) in [5.41, 5.74) is -0.209. The second-order valence-electron chi connectivity index (χ2n) is 4.26. The van der Waals surface area contributed by atoms with Gasteiger partial charge >= 0.3 is 5.97 Å². The van der Waals surface area contributed by atoms with E-state index in [1.54, 1.807) is 13.0 Å². The van der Waals surface area contributed by atoms with Crippen molar-refractivity contribution >= 4 is 17.3 Å². The van der Waals surface area contributed by atoms with Crippen LogP contribution in [-0.4, -0.2) is 17.7 Å².